The molecular weight excluding hydrogens is 269 g/mol. The van der Waals surface area contributed by atoms with Crippen LogP contribution in [0.25, 0.3) is 6.08 Å². The fourth-order valence-electron chi connectivity index (χ4n) is 2.87. The molecule has 1 saturated heterocycles. The average molecular weight is 291 g/mol. The Kier molecular flexibility index (Phi) is 5.12. The van der Waals surface area contributed by atoms with Gasteiger partial charge in [-0.25, -0.2) is 9.18 Å². The van der Waals surface area contributed by atoms with Crippen LogP contribution < -0.4 is 0 Å². The molecule has 1 fully saturated rings. The third-order valence-electron chi connectivity index (χ3n) is 4.14. The van der Waals surface area contributed by atoms with Crippen molar-refractivity contribution in [3.05, 3.63) is 41.2 Å². The summed E-state index contributed by atoms with van der Waals surface area (Å²) in [5, 5.41) is 8.58. The van der Waals surface area contributed by atoms with Gasteiger partial charge in [-0.05, 0) is 49.9 Å². The molecule has 1 aromatic carbocycles. The first-order valence-corrected chi connectivity index (χ1v) is 7.39. The van der Waals surface area contributed by atoms with E-state index in [0.717, 1.165) is 31.4 Å². The molecule has 1 aliphatic rings. The SMILES string of the molecule is CC1CCN(Cc2ccc(C=CC(=O)O)cc2F)C(C)C1. The molecule has 0 aliphatic carbocycles. The first-order valence-electron chi connectivity index (χ1n) is 7.39. The van der Waals surface area contributed by atoms with Gasteiger partial charge in [0.15, 0.2) is 0 Å². The van der Waals surface area contributed by atoms with E-state index < -0.39 is 5.97 Å². The molecule has 1 aliphatic heterocycles. The molecule has 0 amide bonds. The quantitative estimate of drug-likeness (QED) is 0.863. The molecular formula is C17H22FNO2. The molecule has 0 saturated carbocycles. The molecule has 0 aromatic heterocycles. The molecule has 3 nitrogen and oxygen atoms in total. The van der Waals surface area contributed by atoms with Crippen molar-refractivity contribution in [1.29, 1.82) is 0 Å². The van der Waals surface area contributed by atoms with E-state index in [1.807, 2.05) is 0 Å². The maximum Gasteiger partial charge on any atom is 0.328 e. The molecule has 0 spiro atoms. The van der Waals surface area contributed by atoms with Gasteiger partial charge in [-0.2, -0.15) is 0 Å². The zero-order valence-corrected chi connectivity index (χ0v) is 12.6. The van der Waals surface area contributed by atoms with E-state index in [0.29, 0.717) is 23.7 Å². The van der Waals surface area contributed by atoms with E-state index in [1.165, 1.54) is 12.1 Å². The highest BCUT2D eigenvalue weighted by Crippen LogP contribution is 2.24. The Bertz CT molecular complexity index is 542. The zero-order valence-electron chi connectivity index (χ0n) is 12.6. The van der Waals surface area contributed by atoms with Crippen LogP contribution in [0.3, 0.4) is 0 Å². The summed E-state index contributed by atoms with van der Waals surface area (Å²) in [5.74, 6) is -0.561. The second-order valence-corrected chi connectivity index (χ2v) is 5.97. The Morgan fingerprint density at radius 3 is 2.86 bits per heavy atom. The third-order valence-corrected chi connectivity index (χ3v) is 4.14. The number of hydrogen-bond acceptors (Lipinski definition) is 2. The number of likely N-dealkylation sites (tertiary alicyclic amines) is 1. The van der Waals surface area contributed by atoms with Crippen molar-refractivity contribution in [2.75, 3.05) is 6.54 Å². The number of carboxylic acid groups (broad SMARTS) is 1. The molecule has 1 heterocycles. The lowest BCUT2D eigenvalue weighted by Gasteiger charge is -2.36. The van der Waals surface area contributed by atoms with Crippen LogP contribution in [0.4, 0.5) is 4.39 Å². The highest BCUT2D eigenvalue weighted by Gasteiger charge is 2.23. The molecule has 4 heteroatoms. The number of nitrogens with zero attached hydrogens (tertiary/aromatic N) is 1. The monoisotopic (exact) mass is 291 g/mol. The molecule has 2 atom stereocenters. The first-order chi connectivity index (χ1) is 9.95. The van der Waals surface area contributed by atoms with E-state index in [1.54, 1.807) is 12.1 Å². The largest absolute Gasteiger partial charge is 0.478 e. The van der Waals surface area contributed by atoms with E-state index in [2.05, 4.69) is 18.7 Å². The summed E-state index contributed by atoms with van der Waals surface area (Å²) in [6.45, 7) is 6.07. The summed E-state index contributed by atoms with van der Waals surface area (Å²) in [5.41, 5.74) is 1.24. The number of piperidine rings is 1. The third kappa shape index (κ3) is 4.39. The topological polar surface area (TPSA) is 40.5 Å². The van der Waals surface area contributed by atoms with Crippen LogP contribution >= 0.6 is 0 Å². The minimum absolute atomic E-state index is 0.270. The van der Waals surface area contributed by atoms with E-state index in [9.17, 15) is 9.18 Å². The summed E-state index contributed by atoms with van der Waals surface area (Å²) < 4.78 is 14.1. The minimum Gasteiger partial charge on any atom is -0.478 e. The Labute approximate surface area is 125 Å². The van der Waals surface area contributed by atoms with Crippen molar-refractivity contribution in [2.24, 2.45) is 5.92 Å². The Morgan fingerprint density at radius 2 is 2.24 bits per heavy atom. The van der Waals surface area contributed by atoms with Crippen LogP contribution in [0.2, 0.25) is 0 Å². The summed E-state index contributed by atoms with van der Waals surface area (Å²) in [7, 11) is 0. The van der Waals surface area contributed by atoms with Crippen LogP contribution in [-0.2, 0) is 11.3 Å². The molecule has 0 radical (unpaired) electrons. The predicted molar refractivity (Wildman–Crippen MR) is 81.3 cm³/mol. The van der Waals surface area contributed by atoms with E-state index >= 15 is 0 Å². The van der Waals surface area contributed by atoms with Crippen molar-refractivity contribution in [1.82, 2.24) is 4.90 Å². The summed E-state index contributed by atoms with van der Waals surface area (Å²) in [6, 6.07) is 5.38. The molecule has 1 N–H and O–H groups in total. The average Bonchev–Trinajstić information content (AvgIpc) is 2.42. The van der Waals surface area contributed by atoms with Gasteiger partial charge in [0, 0.05) is 24.2 Å². The summed E-state index contributed by atoms with van der Waals surface area (Å²) in [6.07, 6.45) is 4.73. The molecule has 114 valence electrons. The Morgan fingerprint density at radius 1 is 1.48 bits per heavy atom. The fourth-order valence-corrected chi connectivity index (χ4v) is 2.87. The zero-order chi connectivity index (χ0) is 15.4. The van der Waals surface area contributed by atoms with Crippen molar-refractivity contribution in [3.8, 4) is 0 Å². The lowest BCUT2D eigenvalue weighted by atomic mass is 9.93. The Hall–Kier alpha value is -1.68. The van der Waals surface area contributed by atoms with Gasteiger partial charge in [-0.1, -0.05) is 19.1 Å². The van der Waals surface area contributed by atoms with Crippen molar-refractivity contribution in [3.63, 3.8) is 0 Å². The lowest BCUT2D eigenvalue weighted by Crippen LogP contribution is -2.39. The van der Waals surface area contributed by atoms with Crippen LogP contribution in [0.15, 0.2) is 24.3 Å². The second kappa shape index (κ2) is 6.85. The number of carboxylic acids is 1. The number of hydrogen-bond donors (Lipinski definition) is 1. The van der Waals surface area contributed by atoms with E-state index in [-0.39, 0.29) is 5.82 Å². The van der Waals surface area contributed by atoms with Crippen LogP contribution in [-0.4, -0.2) is 28.6 Å². The lowest BCUT2D eigenvalue weighted by molar-refractivity contribution is -0.131. The van der Waals surface area contributed by atoms with Crippen LogP contribution in [0, 0.1) is 11.7 Å². The van der Waals surface area contributed by atoms with Gasteiger partial charge < -0.3 is 5.11 Å². The smallest absolute Gasteiger partial charge is 0.328 e. The van der Waals surface area contributed by atoms with Crippen molar-refractivity contribution in [2.45, 2.75) is 39.3 Å². The van der Waals surface area contributed by atoms with Crippen LogP contribution in [0.1, 0.15) is 37.8 Å². The highest BCUT2D eigenvalue weighted by molar-refractivity contribution is 5.85. The summed E-state index contributed by atoms with van der Waals surface area (Å²) >= 11 is 0. The van der Waals surface area contributed by atoms with Crippen molar-refractivity contribution < 1.29 is 14.3 Å². The normalized spacial score (nSPS) is 23.6. The van der Waals surface area contributed by atoms with Crippen LogP contribution in [0.5, 0.6) is 0 Å². The molecule has 2 unspecified atom stereocenters. The van der Waals surface area contributed by atoms with Gasteiger partial charge in [0.1, 0.15) is 5.82 Å². The minimum atomic E-state index is -1.03. The predicted octanol–water partition coefficient (Wildman–Crippen LogP) is 3.54. The number of benzene rings is 1. The second-order valence-electron chi connectivity index (χ2n) is 5.97. The van der Waals surface area contributed by atoms with Gasteiger partial charge in [-0.3, -0.25) is 4.90 Å². The van der Waals surface area contributed by atoms with Gasteiger partial charge in [0.05, 0.1) is 0 Å². The Balaban J connectivity index is 2.05. The standard InChI is InChI=1S/C17H22FNO2/c1-12-7-8-19(13(2)9-12)11-15-5-3-14(10-16(15)18)4-6-17(20)21/h3-6,10,12-13H,7-9,11H2,1-2H3,(H,20,21). The van der Waals surface area contributed by atoms with Gasteiger partial charge in [-0.15, -0.1) is 0 Å². The number of carbonyl (C=O) groups is 1. The molecule has 0 bridgehead atoms. The molecule has 2 rings (SSSR count). The highest BCUT2D eigenvalue weighted by atomic mass is 19.1. The number of aliphatic carboxylic acids is 1. The fraction of sp³-hybridized carbons (Fsp3) is 0.471. The summed E-state index contributed by atoms with van der Waals surface area (Å²) in [4.78, 5) is 12.8. The van der Waals surface area contributed by atoms with Crippen molar-refractivity contribution >= 4 is 12.0 Å². The maximum atomic E-state index is 14.1. The van der Waals surface area contributed by atoms with Gasteiger partial charge in [0.25, 0.3) is 0 Å². The van der Waals surface area contributed by atoms with Gasteiger partial charge >= 0.3 is 5.97 Å². The van der Waals surface area contributed by atoms with Gasteiger partial charge in [0.2, 0.25) is 0 Å². The number of halogens is 1. The number of rotatable bonds is 4. The molecule has 1 aromatic rings. The molecule has 21 heavy (non-hydrogen) atoms. The van der Waals surface area contributed by atoms with E-state index in [4.69, 9.17) is 5.11 Å². The maximum absolute atomic E-state index is 14.1. The first kappa shape index (κ1) is 15.7.